The Morgan fingerprint density at radius 3 is 2.37 bits per heavy atom. The zero-order chi connectivity index (χ0) is 27.3. The molecule has 0 atom stereocenters. The number of likely N-dealkylation sites (N-methyl/N-ethyl adjacent to an activating group) is 1. The lowest BCUT2D eigenvalue weighted by Gasteiger charge is -2.15. The second-order valence-corrected chi connectivity index (χ2v) is 10.6. The lowest BCUT2D eigenvalue weighted by molar-refractivity contribution is -0.119. The number of hydrogen-bond acceptors (Lipinski definition) is 8. The highest BCUT2D eigenvalue weighted by Crippen LogP contribution is 2.29. The molecule has 1 aromatic heterocycles. The zero-order valence-electron chi connectivity index (χ0n) is 21.2. The van der Waals surface area contributed by atoms with Gasteiger partial charge in [0.05, 0.1) is 29.6 Å². The lowest BCUT2D eigenvalue weighted by Crippen LogP contribution is -2.21. The van der Waals surface area contributed by atoms with Gasteiger partial charge >= 0.3 is 0 Å². The van der Waals surface area contributed by atoms with Crippen LogP contribution in [0.1, 0.15) is 12.0 Å². The quantitative estimate of drug-likeness (QED) is 0.290. The highest BCUT2D eigenvalue weighted by atomic mass is 32.2. The van der Waals surface area contributed by atoms with Crippen LogP contribution >= 0.6 is 0 Å². The molecule has 4 rings (SSSR count). The fourth-order valence-corrected chi connectivity index (χ4v) is 4.88. The Bertz CT molecular complexity index is 1580. The fraction of sp³-hybridized carbons (Fsp3) is 0.222. The van der Waals surface area contributed by atoms with Crippen molar-refractivity contribution in [1.82, 2.24) is 14.9 Å². The number of ketones is 1. The van der Waals surface area contributed by atoms with E-state index in [1.165, 1.54) is 37.4 Å². The van der Waals surface area contributed by atoms with Gasteiger partial charge in [0.25, 0.3) is 10.0 Å². The molecule has 38 heavy (non-hydrogen) atoms. The molecule has 0 radical (unpaired) electrons. The number of aryl methyl sites for hydroxylation is 1. The maximum Gasteiger partial charge on any atom is 0.263 e. The summed E-state index contributed by atoms with van der Waals surface area (Å²) >= 11 is 0. The van der Waals surface area contributed by atoms with Gasteiger partial charge in [0.15, 0.2) is 23.2 Å². The number of aromatic nitrogens is 2. The molecule has 4 aromatic rings. The van der Waals surface area contributed by atoms with E-state index in [-0.39, 0.29) is 28.1 Å². The average molecular weight is 538 g/mol. The number of nitrogens with one attached hydrogen (secondary N) is 2. The first kappa shape index (κ1) is 27.0. The molecule has 0 unspecified atom stereocenters. The predicted molar refractivity (Wildman–Crippen MR) is 145 cm³/mol. The van der Waals surface area contributed by atoms with Gasteiger partial charge in [0.2, 0.25) is 0 Å². The highest BCUT2D eigenvalue weighted by molar-refractivity contribution is 7.92. The molecule has 0 fully saturated rings. The van der Waals surface area contributed by atoms with E-state index in [4.69, 9.17) is 4.74 Å². The summed E-state index contributed by atoms with van der Waals surface area (Å²) in [5.74, 6) is -0.343. The first-order valence-corrected chi connectivity index (χ1v) is 13.3. The normalized spacial score (nSPS) is 11.5. The van der Waals surface area contributed by atoms with Crippen molar-refractivity contribution in [2.45, 2.75) is 17.7 Å². The first-order chi connectivity index (χ1) is 18.1. The van der Waals surface area contributed by atoms with Gasteiger partial charge in [0.1, 0.15) is 5.78 Å². The first-order valence-electron chi connectivity index (χ1n) is 11.8. The summed E-state index contributed by atoms with van der Waals surface area (Å²) in [5, 5.41) is 3.01. The van der Waals surface area contributed by atoms with Crippen LogP contribution in [0.3, 0.4) is 0 Å². The molecule has 1 heterocycles. The lowest BCUT2D eigenvalue weighted by atomic mass is 10.1. The summed E-state index contributed by atoms with van der Waals surface area (Å²) in [7, 11) is 0.927. The zero-order valence-corrected chi connectivity index (χ0v) is 22.0. The molecule has 0 aliphatic carbocycles. The third kappa shape index (κ3) is 6.61. The van der Waals surface area contributed by atoms with Crippen LogP contribution in [0.25, 0.3) is 11.0 Å². The van der Waals surface area contributed by atoms with Crippen molar-refractivity contribution in [3.8, 4) is 5.75 Å². The van der Waals surface area contributed by atoms with Crippen LogP contribution in [0.5, 0.6) is 5.75 Å². The van der Waals surface area contributed by atoms with Gasteiger partial charge in [-0.15, -0.1) is 0 Å². The van der Waals surface area contributed by atoms with Gasteiger partial charge in [-0.25, -0.2) is 22.8 Å². The molecule has 0 aliphatic rings. The summed E-state index contributed by atoms with van der Waals surface area (Å²) in [4.78, 5) is 22.9. The number of benzene rings is 3. The van der Waals surface area contributed by atoms with E-state index in [1.54, 1.807) is 41.3 Å². The Labute approximate surface area is 220 Å². The largest absolute Gasteiger partial charge is 0.494 e. The average Bonchev–Trinajstić information content (AvgIpc) is 2.88. The van der Waals surface area contributed by atoms with Crippen LogP contribution in [0.15, 0.2) is 71.6 Å². The Morgan fingerprint density at radius 1 is 0.974 bits per heavy atom. The Balaban J connectivity index is 1.64. The smallest absolute Gasteiger partial charge is 0.263 e. The molecule has 0 amide bonds. The van der Waals surface area contributed by atoms with Crippen LogP contribution in [0.2, 0.25) is 0 Å². The number of nitrogens with zero attached hydrogens (tertiary/aromatic N) is 3. The summed E-state index contributed by atoms with van der Waals surface area (Å²) < 4.78 is 48.2. The molecule has 0 spiro atoms. The number of fused-ring (bicyclic) bond motifs is 1. The Morgan fingerprint density at radius 2 is 1.68 bits per heavy atom. The van der Waals surface area contributed by atoms with Crippen molar-refractivity contribution in [3.63, 3.8) is 0 Å². The monoisotopic (exact) mass is 537 g/mol. The second kappa shape index (κ2) is 11.5. The van der Waals surface area contributed by atoms with Crippen molar-refractivity contribution < 1.29 is 22.3 Å². The molecule has 0 saturated heterocycles. The molecule has 2 N–H and O–H groups in total. The van der Waals surface area contributed by atoms with Gasteiger partial charge in [-0.2, -0.15) is 0 Å². The number of halogens is 1. The molecule has 9 nitrogen and oxygen atoms in total. The maximum absolute atomic E-state index is 13.9. The van der Waals surface area contributed by atoms with E-state index >= 15 is 0 Å². The molecule has 3 aromatic carbocycles. The molecule has 0 saturated carbocycles. The van der Waals surface area contributed by atoms with E-state index in [2.05, 4.69) is 20.0 Å². The molecule has 11 heteroatoms. The number of rotatable bonds is 11. The standard InChI is InChI=1S/C27H28FN5O4S/c1-33(2)17-20(34)13-11-18-7-6-8-21(15-18)38(35,36)32-27-26(30-23-9-4-5-10-24(23)31-27)29-19-12-14-22(28)25(16-19)37-3/h4-10,12,14-16H,11,13,17H2,1-3H3,(H,29,30)(H,31,32). The summed E-state index contributed by atoms with van der Waals surface area (Å²) in [6, 6.07) is 17.6. The summed E-state index contributed by atoms with van der Waals surface area (Å²) in [6.07, 6.45) is 0.728. The Kier molecular flexibility index (Phi) is 8.18. The number of carbonyl (C=O) groups excluding carboxylic acids is 1. The van der Waals surface area contributed by atoms with Crippen molar-refractivity contribution >= 4 is 44.2 Å². The number of methoxy groups -OCH3 is 1. The molecule has 0 bridgehead atoms. The number of anilines is 3. The molecule has 198 valence electrons. The maximum atomic E-state index is 13.9. The van der Waals surface area contributed by atoms with E-state index in [0.717, 1.165) is 5.56 Å². The number of hydrogen-bond donors (Lipinski definition) is 2. The number of para-hydroxylation sites is 2. The van der Waals surface area contributed by atoms with Gasteiger partial charge in [0, 0.05) is 18.2 Å². The Hall–Kier alpha value is -4.09. The van der Waals surface area contributed by atoms with Gasteiger partial charge in [-0.1, -0.05) is 24.3 Å². The van der Waals surface area contributed by atoms with Crippen molar-refractivity contribution in [2.75, 3.05) is 37.8 Å². The van der Waals surface area contributed by atoms with E-state index in [0.29, 0.717) is 36.1 Å². The third-order valence-electron chi connectivity index (χ3n) is 5.61. The van der Waals surface area contributed by atoms with Crippen molar-refractivity contribution in [3.05, 3.63) is 78.1 Å². The number of sulfonamides is 1. The van der Waals surface area contributed by atoms with Crippen LogP contribution in [0.4, 0.5) is 21.7 Å². The van der Waals surface area contributed by atoms with E-state index < -0.39 is 15.8 Å². The van der Waals surface area contributed by atoms with Crippen molar-refractivity contribution in [2.24, 2.45) is 0 Å². The van der Waals surface area contributed by atoms with Crippen LogP contribution in [0, 0.1) is 5.82 Å². The van der Waals surface area contributed by atoms with E-state index in [1.807, 2.05) is 14.1 Å². The predicted octanol–water partition coefficient (Wildman–Crippen LogP) is 4.39. The topological polar surface area (TPSA) is 114 Å². The SMILES string of the molecule is COc1cc(Nc2nc3ccccc3nc2NS(=O)(=O)c2cccc(CCC(=O)CN(C)C)c2)ccc1F. The second-order valence-electron chi connectivity index (χ2n) is 8.91. The summed E-state index contributed by atoms with van der Waals surface area (Å²) in [5.41, 5.74) is 2.18. The van der Waals surface area contributed by atoms with Gasteiger partial charge in [-0.05, 0) is 62.5 Å². The number of carbonyl (C=O) groups is 1. The highest BCUT2D eigenvalue weighted by Gasteiger charge is 2.20. The van der Waals surface area contributed by atoms with Gasteiger partial charge < -0.3 is 15.0 Å². The minimum absolute atomic E-state index is 0.0201. The van der Waals surface area contributed by atoms with Crippen LogP contribution < -0.4 is 14.8 Å². The molecule has 0 aliphatic heterocycles. The molecular weight excluding hydrogens is 509 g/mol. The molecular formula is C27H28FN5O4S. The van der Waals surface area contributed by atoms with Crippen LogP contribution in [-0.4, -0.2) is 56.8 Å². The minimum atomic E-state index is -4.07. The number of ether oxygens (including phenoxy) is 1. The van der Waals surface area contributed by atoms with Gasteiger partial charge in [-0.3, -0.25) is 9.52 Å². The van der Waals surface area contributed by atoms with Crippen molar-refractivity contribution in [1.29, 1.82) is 0 Å². The fourth-order valence-electron chi connectivity index (χ4n) is 3.80. The minimum Gasteiger partial charge on any atom is -0.494 e. The summed E-state index contributed by atoms with van der Waals surface area (Å²) in [6.45, 7) is 0.329. The van der Waals surface area contributed by atoms with Crippen LogP contribution in [-0.2, 0) is 21.2 Å². The van der Waals surface area contributed by atoms with E-state index in [9.17, 15) is 17.6 Å². The third-order valence-corrected chi connectivity index (χ3v) is 6.95. The number of Topliss-reactive ketones (excluding diaryl/α,β-unsaturated/α-hetero) is 1.